The molecule has 19 heavy (non-hydrogen) atoms. The molecule has 1 N–H and O–H groups in total. The number of anilines is 1. The van der Waals surface area contributed by atoms with Gasteiger partial charge in [0.1, 0.15) is 0 Å². The van der Waals surface area contributed by atoms with Crippen LogP contribution in [0.5, 0.6) is 0 Å². The number of carbonyl (C=O) groups is 2. The van der Waals surface area contributed by atoms with Crippen molar-refractivity contribution in [3.8, 4) is 0 Å². The van der Waals surface area contributed by atoms with Gasteiger partial charge in [0.25, 0.3) is 0 Å². The minimum atomic E-state index is 0.121. The fourth-order valence-corrected chi connectivity index (χ4v) is 1.82. The molecule has 1 aromatic rings. The standard InChI is InChI=1S/C15H20N2O2/c1-17(2)14(18)10-5-11-3-8-13(9-4-11)16-15(19)12-6-7-12/h3-4,8-9,12H,5-7,10H2,1-2H3,(H,16,19). The van der Waals surface area contributed by atoms with Gasteiger partial charge in [0.2, 0.25) is 11.8 Å². The van der Waals surface area contributed by atoms with E-state index in [0.717, 1.165) is 30.5 Å². The maximum Gasteiger partial charge on any atom is 0.227 e. The summed E-state index contributed by atoms with van der Waals surface area (Å²) in [5.41, 5.74) is 1.94. The Kier molecular flexibility index (Phi) is 4.20. The molecule has 1 aliphatic carbocycles. The van der Waals surface area contributed by atoms with Gasteiger partial charge >= 0.3 is 0 Å². The Bertz CT molecular complexity index is 462. The predicted molar refractivity (Wildman–Crippen MR) is 74.8 cm³/mol. The molecule has 0 atom stereocenters. The van der Waals surface area contributed by atoms with Crippen molar-refractivity contribution >= 4 is 17.5 Å². The van der Waals surface area contributed by atoms with Gasteiger partial charge in [0.15, 0.2) is 0 Å². The van der Waals surface area contributed by atoms with Crippen LogP contribution < -0.4 is 5.32 Å². The summed E-state index contributed by atoms with van der Waals surface area (Å²) in [4.78, 5) is 24.7. The molecule has 0 saturated heterocycles. The zero-order chi connectivity index (χ0) is 13.8. The molecule has 2 rings (SSSR count). The Morgan fingerprint density at radius 3 is 2.37 bits per heavy atom. The Morgan fingerprint density at radius 1 is 1.21 bits per heavy atom. The number of rotatable bonds is 5. The molecule has 0 unspecified atom stereocenters. The maximum absolute atomic E-state index is 11.6. The van der Waals surface area contributed by atoms with E-state index in [4.69, 9.17) is 0 Å². The van der Waals surface area contributed by atoms with Crippen molar-refractivity contribution in [3.05, 3.63) is 29.8 Å². The van der Waals surface area contributed by atoms with Crippen LogP contribution in [-0.2, 0) is 16.0 Å². The smallest absolute Gasteiger partial charge is 0.227 e. The van der Waals surface area contributed by atoms with Crippen LogP contribution in [0.4, 0.5) is 5.69 Å². The van der Waals surface area contributed by atoms with E-state index in [1.54, 1.807) is 19.0 Å². The first kappa shape index (κ1) is 13.6. The van der Waals surface area contributed by atoms with Crippen molar-refractivity contribution in [2.45, 2.75) is 25.7 Å². The molecule has 0 radical (unpaired) electrons. The summed E-state index contributed by atoms with van der Waals surface area (Å²) in [6, 6.07) is 7.72. The second kappa shape index (κ2) is 5.87. The minimum absolute atomic E-state index is 0.121. The van der Waals surface area contributed by atoms with E-state index in [9.17, 15) is 9.59 Å². The molecule has 1 aliphatic rings. The second-order valence-electron chi connectivity index (χ2n) is 5.25. The maximum atomic E-state index is 11.6. The van der Waals surface area contributed by atoms with Crippen LogP contribution in [0.2, 0.25) is 0 Å². The molecule has 0 heterocycles. The number of nitrogens with zero attached hydrogens (tertiary/aromatic N) is 1. The summed E-state index contributed by atoms with van der Waals surface area (Å²) in [5, 5.41) is 2.90. The monoisotopic (exact) mass is 260 g/mol. The Balaban J connectivity index is 1.83. The SMILES string of the molecule is CN(C)C(=O)CCc1ccc(NC(=O)C2CC2)cc1. The average Bonchev–Trinajstić information content (AvgIpc) is 3.21. The van der Waals surface area contributed by atoms with E-state index in [1.807, 2.05) is 24.3 Å². The molecule has 102 valence electrons. The van der Waals surface area contributed by atoms with Gasteiger partial charge in [-0.3, -0.25) is 9.59 Å². The van der Waals surface area contributed by atoms with E-state index in [1.165, 1.54) is 0 Å². The summed E-state index contributed by atoms with van der Waals surface area (Å²) in [6.07, 6.45) is 3.27. The van der Waals surface area contributed by atoms with Crippen LogP contribution in [0.25, 0.3) is 0 Å². The van der Waals surface area contributed by atoms with E-state index in [2.05, 4.69) is 5.32 Å². The summed E-state index contributed by atoms with van der Waals surface area (Å²) >= 11 is 0. The molecule has 1 fully saturated rings. The highest BCUT2D eigenvalue weighted by molar-refractivity contribution is 5.94. The molecule has 1 aromatic carbocycles. The lowest BCUT2D eigenvalue weighted by atomic mass is 10.1. The largest absolute Gasteiger partial charge is 0.349 e. The molecule has 0 spiro atoms. The summed E-state index contributed by atoms with van der Waals surface area (Å²) < 4.78 is 0. The van der Waals surface area contributed by atoms with Crippen LogP contribution in [0.15, 0.2) is 24.3 Å². The molecule has 0 bridgehead atoms. The number of aryl methyl sites for hydroxylation is 1. The van der Waals surface area contributed by atoms with E-state index in [0.29, 0.717) is 6.42 Å². The fraction of sp³-hybridized carbons (Fsp3) is 0.467. The second-order valence-corrected chi connectivity index (χ2v) is 5.25. The lowest BCUT2D eigenvalue weighted by Crippen LogP contribution is -2.21. The Labute approximate surface area is 113 Å². The fourth-order valence-electron chi connectivity index (χ4n) is 1.82. The van der Waals surface area contributed by atoms with Gasteiger partial charge in [-0.1, -0.05) is 12.1 Å². The first-order valence-electron chi connectivity index (χ1n) is 6.66. The highest BCUT2D eigenvalue weighted by Gasteiger charge is 2.29. The minimum Gasteiger partial charge on any atom is -0.349 e. The molecule has 1 saturated carbocycles. The Morgan fingerprint density at radius 2 is 1.84 bits per heavy atom. The van der Waals surface area contributed by atoms with Crippen LogP contribution >= 0.6 is 0 Å². The number of carbonyl (C=O) groups excluding carboxylic acids is 2. The van der Waals surface area contributed by atoms with Gasteiger partial charge in [-0.15, -0.1) is 0 Å². The molecule has 4 nitrogen and oxygen atoms in total. The third kappa shape index (κ3) is 4.09. The molecule has 0 aliphatic heterocycles. The van der Waals surface area contributed by atoms with Crippen LogP contribution in [-0.4, -0.2) is 30.8 Å². The highest BCUT2D eigenvalue weighted by atomic mass is 16.2. The summed E-state index contributed by atoms with van der Waals surface area (Å²) in [5.74, 6) is 0.471. The van der Waals surface area contributed by atoms with Crippen LogP contribution in [0.1, 0.15) is 24.8 Å². The Hall–Kier alpha value is -1.84. The molecule has 4 heteroatoms. The van der Waals surface area contributed by atoms with Crippen molar-refractivity contribution in [2.24, 2.45) is 5.92 Å². The number of amides is 2. The average molecular weight is 260 g/mol. The molecular formula is C15H20N2O2. The van der Waals surface area contributed by atoms with Crippen molar-refractivity contribution in [1.29, 1.82) is 0 Å². The number of nitrogens with one attached hydrogen (secondary N) is 1. The van der Waals surface area contributed by atoms with Gasteiger partial charge in [0, 0.05) is 32.1 Å². The van der Waals surface area contributed by atoms with Gasteiger partial charge < -0.3 is 10.2 Å². The third-order valence-corrected chi connectivity index (χ3v) is 3.30. The van der Waals surface area contributed by atoms with Gasteiger partial charge in [0.05, 0.1) is 0 Å². The van der Waals surface area contributed by atoms with Gasteiger partial charge in [-0.25, -0.2) is 0 Å². The lowest BCUT2D eigenvalue weighted by molar-refractivity contribution is -0.128. The first-order chi connectivity index (χ1) is 9.06. The van der Waals surface area contributed by atoms with Gasteiger partial charge in [-0.2, -0.15) is 0 Å². The van der Waals surface area contributed by atoms with Crippen molar-refractivity contribution in [3.63, 3.8) is 0 Å². The van der Waals surface area contributed by atoms with E-state index >= 15 is 0 Å². The van der Waals surface area contributed by atoms with Gasteiger partial charge in [-0.05, 0) is 37.0 Å². The topological polar surface area (TPSA) is 49.4 Å². The van der Waals surface area contributed by atoms with Crippen LogP contribution in [0, 0.1) is 5.92 Å². The third-order valence-electron chi connectivity index (χ3n) is 3.30. The lowest BCUT2D eigenvalue weighted by Gasteiger charge is -2.10. The molecule has 0 aromatic heterocycles. The predicted octanol–water partition coefficient (Wildman–Crippen LogP) is 2.06. The van der Waals surface area contributed by atoms with Crippen molar-refractivity contribution in [2.75, 3.05) is 19.4 Å². The number of benzene rings is 1. The van der Waals surface area contributed by atoms with Crippen molar-refractivity contribution in [1.82, 2.24) is 4.90 Å². The van der Waals surface area contributed by atoms with E-state index in [-0.39, 0.29) is 17.7 Å². The number of hydrogen-bond acceptors (Lipinski definition) is 2. The zero-order valence-electron chi connectivity index (χ0n) is 11.5. The van der Waals surface area contributed by atoms with Crippen molar-refractivity contribution < 1.29 is 9.59 Å². The van der Waals surface area contributed by atoms with Crippen LogP contribution in [0.3, 0.4) is 0 Å². The summed E-state index contributed by atoms with van der Waals surface area (Å²) in [6.45, 7) is 0. The highest BCUT2D eigenvalue weighted by Crippen LogP contribution is 2.30. The van der Waals surface area contributed by atoms with E-state index < -0.39 is 0 Å². The molecular weight excluding hydrogens is 240 g/mol. The number of hydrogen-bond donors (Lipinski definition) is 1. The first-order valence-corrected chi connectivity index (χ1v) is 6.66. The normalized spacial score (nSPS) is 14.0. The molecule has 2 amide bonds. The summed E-state index contributed by atoms with van der Waals surface area (Å²) in [7, 11) is 3.53. The zero-order valence-corrected chi connectivity index (χ0v) is 11.5. The quantitative estimate of drug-likeness (QED) is 0.881.